The van der Waals surface area contributed by atoms with Crippen LogP contribution in [0.5, 0.6) is 5.75 Å². The number of ether oxygens (including phenoxy) is 1. The molecule has 28 heavy (non-hydrogen) atoms. The van der Waals surface area contributed by atoms with Gasteiger partial charge in [0.2, 0.25) is 5.95 Å². The topological polar surface area (TPSA) is 91.9 Å². The lowest BCUT2D eigenvalue weighted by Gasteiger charge is -2.19. The summed E-state index contributed by atoms with van der Waals surface area (Å²) in [7, 11) is 1.67. The fraction of sp³-hybridized carbons (Fsp3) is 0.286. The van der Waals surface area contributed by atoms with Gasteiger partial charge in [-0.1, -0.05) is 12.1 Å². The molecule has 3 aromatic rings. The normalized spacial score (nSPS) is 18.8. The monoisotopic (exact) mass is 377 g/mol. The molecule has 144 valence electrons. The summed E-state index contributed by atoms with van der Waals surface area (Å²) in [4.78, 5) is 23.7. The molecule has 2 aromatic heterocycles. The molecule has 0 spiro atoms. The van der Waals surface area contributed by atoms with Crippen LogP contribution in [0.3, 0.4) is 0 Å². The Labute approximate surface area is 163 Å². The molecular weight excluding hydrogens is 354 g/mol. The molecule has 1 aromatic carbocycles. The third-order valence-corrected chi connectivity index (χ3v) is 5.09. The summed E-state index contributed by atoms with van der Waals surface area (Å²) in [5.74, 6) is 1.67. The Kier molecular flexibility index (Phi) is 5.34. The number of nitrogens with zero attached hydrogens (tertiary/aromatic N) is 2. The minimum atomic E-state index is -0.154. The molecule has 0 radical (unpaired) electrons. The standard InChI is InChI=1S/C21H23N5O2/c1-28-16-4-2-3-15(9-16)17-12-23-13-18(17)19-10-20(27)26-21(25-19)24-11-14-5-7-22-8-6-14/h2-10,17-18,23H,11-13H2,1H3,(H2,24,25,26,27)/t17-,18+/m0/s1. The molecule has 4 rings (SSSR count). The van der Waals surface area contributed by atoms with Crippen LogP contribution in [0.15, 0.2) is 59.7 Å². The van der Waals surface area contributed by atoms with E-state index in [1.165, 1.54) is 5.56 Å². The number of aromatic nitrogens is 3. The maximum absolute atomic E-state index is 12.2. The lowest BCUT2D eigenvalue weighted by atomic mass is 9.86. The summed E-state index contributed by atoms with van der Waals surface area (Å²) in [6.07, 6.45) is 3.49. The molecule has 7 heteroatoms. The molecule has 7 nitrogen and oxygen atoms in total. The van der Waals surface area contributed by atoms with Gasteiger partial charge in [0.05, 0.1) is 12.8 Å². The first-order valence-corrected chi connectivity index (χ1v) is 9.31. The molecule has 0 amide bonds. The van der Waals surface area contributed by atoms with E-state index in [1.54, 1.807) is 25.6 Å². The van der Waals surface area contributed by atoms with Crippen molar-refractivity contribution >= 4 is 5.95 Å². The molecule has 3 heterocycles. The van der Waals surface area contributed by atoms with E-state index in [0.717, 1.165) is 30.1 Å². The average Bonchev–Trinajstić information content (AvgIpc) is 3.23. The number of nitrogens with one attached hydrogen (secondary N) is 3. The highest BCUT2D eigenvalue weighted by molar-refractivity contribution is 5.36. The van der Waals surface area contributed by atoms with Crippen LogP contribution in [0.1, 0.15) is 28.7 Å². The maximum atomic E-state index is 12.2. The van der Waals surface area contributed by atoms with Crippen molar-refractivity contribution in [1.29, 1.82) is 0 Å². The summed E-state index contributed by atoms with van der Waals surface area (Å²) in [5, 5.41) is 6.64. The van der Waals surface area contributed by atoms with Crippen molar-refractivity contribution in [1.82, 2.24) is 20.3 Å². The van der Waals surface area contributed by atoms with Gasteiger partial charge in [-0.05, 0) is 35.4 Å². The van der Waals surface area contributed by atoms with Crippen LogP contribution in [0.25, 0.3) is 0 Å². The van der Waals surface area contributed by atoms with Crippen molar-refractivity contribution in [3.8, 4) is 5.75 Å². The SMILES string of the molecule is COc1cccc([C@@H]2CNC[C@H]2c2cc(=O)[nH]c(NCc3ccncc3)n2)c1. The number of aromatic amines is 1. The molecule has 3 N–H and O–H groups in total. The van der Waals surface area contributed by atoms with Crippen molar-refractivity contribution in [2.45, 2.75) is 18.4 Å². The summed E-state index contributed by atoms with van der Waals surface area (Å²) >= 11 is 0. The van der Waals surface area contributed by atoms with Crippen molar-refractivity contribution < 1.29 is 4.74 Å². The number of pyridine rings is 1. The van der Waals surface area contributed by atoms with Gasteiger partial charge in [-0.2, -0.15) is 0 Å². The summed E-state index contributed by atoms with van der Waals surface area (Å²) in [6.45, 7) is 2.19. The van der Waals surface area contributed by atoms with Crippen molar-refractivity contribution in [2.24, 2.45) is 0 Å². The molecule has 1 aliphatic heterocycles. The van der Waals surface area contributed by atoms with Gasteiger partial charge in [0.1, 0.15) is 5.75 Å². The van der Waals surface area contributed by atoms with Gasteiger partial charge in [0.15, 0.2) is 0 Å². The number of methoxy groups -OCH3 is 1. The van der Waals surface area contributed by atoms with E-state index in [2.05, 4.69) is 32.7 Å². The first kappa shape index (κ1) is 18.2. The van der Waals surface area contributed by atoms with Crippen LogP contribution < -0.4 is 20.9 Å². The van der Waals surface area contributed by atoms with Crippen LogP contribution in [0.2, 0.25) is 0 Å². The summed E-state index contributed by atoms with van der Waals surface area (Å²) < 4.78 is 5.36. The molecule has 1 saturated heterocycles. The van der Waals surface area contributed by atoms with Gasteiger partial charge >= 0.3 is 0 Å². The largest absolute Gasteiger partial charge is 0.497 e. The van der Waals surface area contributed by atoms with E-state index < -0.39 is 0 Å². The van der Waals surface area contributed by atoms with Gasteiger partial charge in [-0.25, -0.2) is 4.98 Å². The summed E-state index contributed by atoms with van der Waals surface area (Å²) in [6, 6.07) is 13.5. The number of hydrogen-bond donors (Lipinski definition) is 3. The van der Waals surface area contributed by atoms with Gasteiger partial charge in [-0.3, -0.25) is 14.8 Å². The second kappa shape index (κ2) is 8.22. The van der Waals surface area contributed by atoms with E-state index in [1.807, 2.05) is 24.3 Å². The number of H-pyrrole nitrogens is 1. The van der Waals surface area contributed by atoms with E-state index in [4.69, 9.17) is 9.72 Å². The smallest absolute Gasteiger partial charge is 0.252 e. The van der Waals surface area contributed by atoms with Crippen LogP contribution in [-0.2, 0) is 6.54 Å². The lowest BCUT2D eigenvalue weighted by molar-refractivity contribution is 0.413. The third kappa shape index (κ3) is 4.04. The second-order valence-electron chi connectivity index (χ2n) is 6.88. The highest BCUT2D eigenvalue weighted by atomic mass is 16.5. The molecule has 1 aliphatic rings. The Hall–Kier alpha value is -3.19. The fourth-order valence-electron chi connectivity index (χ4n) is 3.65. The van der Waals surface area contributed by atoms with E-state index in [-0.39, 0.29) is 17.4 Å². The number of hydrogen-bond acceptors (Lipinski definition) is 6. The first-order chi connectivity index (χ1) is 13.7. The van der Waals surface area contributed by atoms with Gasteiger partial charge < -0.3 is 15.4 Å². The van der Waals surface area contributed by atoms with Crippen LogP contribution >= 0.6 is 0 Å². The van der Waals surface area contributed by atoms with Crippen LogP contribution in [0, 0.1) is 0 Å². The Morgan fingerprint density at radius 2 is 1.96 bits per heavy atom. The first-order valence-electron chi connectivity index (χ1n) is 9.31. The molecule has 0 saturated carbocycles. The van der Waals surface area contributed by atoms with Crippen molar-refractivity contribution in [3.05, 3.63) is 82.0 Å². The predicted octanol–water partition coefficient (Wildman–Crippen LogP) is 2.26. The summed E-state index contributed by atoms with van der Waals surface area (Å²) in [5.41, 5.74) is 2.89. The Morgan fingerprint density at radius 1 is 1.14 bits per heavy atom. The number of anilines is 1. The predicted molar refractivity (Wildman–Crippen MR) is 108 cm³/mol. The Bertz CT molecular complexity index is 989. The Balaban J connectivity index is 1.57. The van der Waals surface area contributed by atoms with Crippen LogP contribution in [0.4, 0.5) is 5.95 Å². The molecular formula is C21H23N5O2. The molecule has 0 aliphatic carbocycles. The lowest BCUT2D eigenvalue weighted by Crippen LogP contribution is -2.18. The van der Waals surface area contributed by atoms with Crippen LogP contribution in [-0.4, -0.2) is 35.2 Å². The molecule has 0 bridgehead atoms. The van der Waals surface area contributed by atoms with E-state index in [0.29, 0.717) is 12.5 Å². The second-order valence-corrected chi connectivity index (χ2v) is 6.88. The Morgan fingerprint density at radius 3 is 2.79 bits per heavy atom. The fourth-order valence-corrected chi connectivity index (χ4v) is 3.65. The minimum absolute atomic E-state index is 0.121. The number of rotatable bonds is 6. The minimum Gasteiger partial charge on any atom is -0.497 e. The molecule has 1 fully saturated rings. The zero-order chi connectivity index (χ0) is 19.3. The highest BCUT2D eigenvalue weighted by Crippen LogP contribution is 2.36. The maximum Gasteiger partial charge on any atom is 0.252 e. The van der Waals surface area contributed by atoms with Crippen molar-refractivity contribution in [2.75, 3.05) is 25.5 Å². The van der Waals surface area contributed by atoms with E-state index in [9.17, 15) is 4.79 Å². The highest BCUT2D eigenvalue weighted by Gasteiger charge is 2.31. The zero-order valence-electron chi connectivity index (χ0n) is 15.7. The average molecular weight is 377 g/mol. The van der Waals surface area contributed by atoms with Gasteiger partial charge in [-0.15, -0.1) is 0 Å². The van der Waals surface area contributed by atoms with Gasteiger partial charge in [0, 0.05) is 49.9 Å². The van der Waals surface area contributed by atoms with Gasteiger partial charge in [0.25, 0.3) is 5.56 Å². The third-order valence-electron chi connectivity index (χ3n) is 5.09. The molecule has 0 unspecified atom stereocenters. The molecule has 2 atom stereocenters. The number of benzene rings is 1. The van der Waals surface area contributed by atoms with E-state index >= 15 is 0 Å². The van der Waals surface area contributed by atoms with Crippen molar-refractivity contribution in [3.63, 3.8) is 0 Å². The quantitative estimate of drug-likeness (QED) is 0.610. The zero-order valence-corrected chi connectivity index (χ0v) is 15.7.